The summed E-state index contributed by atoms with van der Waals surface area (Å²) >= 11 is 3.15. The highest BCUT2D eigenvalue weighted by atomic mass is 32.1. The van der Waals surface area contributed by atoms with Gasteiger partial charge in [-0.15, -0.1) is 32.9 Å². The highest BCUT2D eigenvalue weighted by Crippen LogP contribution is 2.40. The molecule has 1 saturated heterocycles. The van der Waals surface area contributed by atoms with E-state index in [9.17, 15) is 24.3 Å². The van der Waals surface area contributed by atoms with Crippen LogP contribution in [0.1, 0.15) is 107 Å². The number of hydrogen-bond acceptors (Lipinski definition) is 12. The molecule has 2 aliphatic heterocycles. The van der Waals surface area contributed by atoms with Gasteiger partial charge < -0.3 is 25.4 Å². The molecular weight excluding hydrogens is 892 g/mol. The number of esters is 1. The van der Waals surface area contributed by atoms with Crippen molar-refractivity contribution in [1.29, 1.82) is 0 Å². The fraction of sp³-hybridized carbons (Fsp3) is 0.360. The molecule has 1 fully saturated rings. The Morgan fingerprint density at radius 3 is 2.25 bits per heavy atom. The summed E-state index contributed by atoms with van der Waals surface area (Å²) in [4.78, 5) is 67.9. The lowest BCUT2D eigenvalue weighted by molar-refractivity contribution is -0.142. The summed E-state index contributed by atoms with van der Waals surface area (Å²) in [6, 6.07) is 16.3. The van der Waals surface area contributed by atoms with Gasteiger partial charge in [-0.05, 0) is 80.0 Å². The number of hydrogen-bond donors (Lipinski definition) is 3. The number of fused-ring (bicyclic) bond motifs is 3. The van der Waals surface area contributed by atoms with Crippen molar-refractivity contribution in [2.24, 2.45) is 10.4 Å². The molecule has 3 aromatic carbocycles. The predicted octanol–water partition coefficient (Wildman–Crippen LogP) is 7.93. The molecule has 0 bridgehead atoms. The monoisotopic (exact) mass is 944 g/mol. The van der Waals surface area contributed by atoms with Crippen LogP contribution in [0.3, 0.4) is 0 Å². The van der Waals surface area contributed by atoms with Gasteiger partial charge >= 0.3 is 5.97 Å². The molecule has 348 valence electrons. The molecule has 14 nitrogen and oxygen atoms in total. The number of aliphatic hydroxyl groups is 1. The number of nitrogens with one attached hydrogen (secondary N) is 2. The van der Waals surface area contributed by atoms with Crippen LogP contribution >= 0.6 is 22.7 Å². The van der Waals surface area contributed by atoms with E-state index >= 15 is 4.39 Å². The molecule has 0 saturated carbocycles. The number of amides is 3. The number of β-amino-alcohol motifs (C(OH)–C–C–N with tert-alkyl or cyclic N) is 1. The lowest BCUT2D eigenvalue weighted by Crippen LogP contribution is -2.58. The second kappa shape index (κ2) is 18.7. The zero-order valence-electron chi connectivity index (χ0n) is 38.8. The maximum absolute atomic E-state index is 15.7. The van der Waals surface area contributed by atoms with Crippen molar-refractivity contribution in [1.82, 2.24) is 35.3 Å². The van der Waals surface area contributed by atoms with Crippen molar-refractivity contribution in [2.45, 2.75) is 98.5 Å². The molecule has 1 unspecified atom stereocenters. The first kappa shape index (κ1) is 47.1. The number of nitrogens with zero attached hydrogens (tertiary/aromatic N) is 6. The van der Waals surface area contributed by atoms with Crippen LogP contribution in [0.15, 0.2) is 77.2 Å². The van der Waals surface area contributed by atoms with Gasteiger partial charge in [0.1, 0.15) is 34.8 Å². The third-order valence-electron chi connectivity index (χ3n) is 12.6. The van der Waals surface area contributed by atoms with Gasteiger partial charge in [-0.2, -0.15) is 0 Å². The van der Waals surface area contributed by atoms with Crippen LogP contribution in [0, 0.1) is 38.9 Å². The number of aromatic nitrogens is 4. The molecule has 67 heavy (non-hydrogen) atoms. The van der Waals surface area contributed by atoms with Crippen LogP contribution in [0.5, 0.6) is 0 Å². The minimum atomic E-state index is -1.18. The Morgan fingerprint density at radius 1 is 0.925 bits per heavy atom. The molecule has 5 atom stereocenters. The molecular formula is C50H53FN8O6S2. The molecule has 3 N–H and O–H groups in total. The van der Waals surface area contributed by atoms with Gasteiger partial charge in [-0.25, -0.2) is 9.37 Å². The Kier molecular flexibility index (Phi) is 13.1. The van der Waals surface area contributed by atoms with Crippen LogP contribution < -0.4 is 10.6 Å². The number of carbonyl (C=O) groups is 4. The number of thiazole rings is 1. The van der Waals surface area contributed by atoms with Gasteiger partial charge in [-0.1, -0.05) is 75.4 Å². The molecule has 5 heterocycles. The lowest BCUT2D eigenvalue weighted by atomic mass is 9.85. The number of rotatable bonds is 11. The van der Waals surface area contributed by atoms with E-state index in [1.54, 1.807) is 55.0 Å². The zero-order valence-corrected chi connectivity index (χ0v) is 40.4. The Bertz CT molecular complexity index is 2920. The minimum absolute atomic E-state index is 0.0193. The van der Waals surface area contributed by atoms with Crippen LogP contribution in [-0.4, -0.2) is 91.0 Å². The summed E-state index contributed by atoms with van der Waals surface area (Å²) < 4.78 is 22.6. The molecule has 0 spiro atoms. The van der Waals surface area contributed by atoms with Crippen molar-refractivity contribution < 1.29 is 33.4 Å². The molecule has 3 amide bonds. The number of likely N-dealkylation sites (tertiary alicyclic amines) is 1. The SMILES string of the molecule is COC(=O)C[C@@H]1N=C(c2ccc(-c3ccc(F)c(C(=O)NC(C(=O)N4C[C@H](O)C[C@H]4C(=O)N[C@@H](C)c4ccc(-c5scnc5C)cc4)C(C)(C)C)c3)cc2)c2c(sc(C)c2C)-n2c(C)nnc21. The average Bonchev–Trinajstić information content (AvgIpc) is 4.07. The maximum atomic E-state index is 15.7. The summed E-state index contributed by atoms with van der Waals surface area (Å²) in [5, 5.41) is 26.2. The maximum Gasteiger partial charge on any atom is 0.308 e. The Morgan fingerprint density at radius 2 is 1.60 bits per heavy atom. The van der Waals surface area contributed by atoms with E-state index in [0.717, 1.165) is 48.3 Å². The molecule has 2 aliphatic rings. The van der Waals surface area contributed by atoms with Crippen LogP contribution in [-0.2, 0) is 19.1 Å². The average molecular weight is 945 g/mol. The molecule has 17 heteroatoms. The number of aryl methyl sites for hydroxylation is 3. The molecule has 8 rings (SSSR count). The standard InChI is InChI=1S/C50H53FN8O6S2/c1-25-28(4)67-49-41(25)42(54-38(22-40(61)65-9)45-57-56-29(5)59(45)49)32-14-12-31(13-15-32)34-18-19-37(51)36(20-34)46(62)55-44(50(6,7)8)48(64)58-23-35(60)21-39(58)47(63)53-26(2)30-10-16-33(17-11-30)43-27(3)52-24-66-43/h10-20,24,26,35,38-39,44,60H,21-23H2,1-9H3,(H,53,63)(H,55,62)/t26-,35+,38-,39-,44?/m0/s1. The smallest absolute Gasteiger partial charge is 0.308 e. The normalized spacial score (nSPS) is 17.7. The van der Waals surface area contributed by atoms with Gasteiger partial charge in [0, 0.05) is 29.0 Å². The molecule has 6 aromatic rings. The van der Waals surface area contributed by atoms with E-state index < -0.39 is 65.2 Å². The van der Waals surface area contributed by atoms with Crippen LogP contribution in [0.4, 0.5) is 4.39 Å². The van der Waals surface area contributed by atoms with Gasteiger partial charge in [-0.3, -0.25) is 28.7 Å². The highest BCUT2D eigenvalue weighted by molar-refractivity contribution is 7.15. The van der Waals surface area contributed by atoms with E-state index in [1.807, 2.05) is 87.7 Å². The summed E-state index contributed by atoms with van der Waals surface area (Å²) in [5.74, 6) is -1.81. The van der Waals surface area contributed by atoms with Gasteiger partial charge in [0.2, 0.25) is 11.8 Å². The summed E-state index contributed by atoms with van der Waals surface area (Å²) in [7, 11) is 1.34. The fourth-order valence-corrected chi connectivity index (χ4v) is 10.7. The highest BCUT2D eigenvalue weighted by Gasteiger charge is 2.45. The van der Waals surface area contributed by atoms with Crippen molar-refractivity contribution >= 4 is 52.1 Å². The van der Waals surface area contributed by atoms with E-state index in [4.69, 9.17) is 9.73 Å². The third kappa shape index (κ3) is 9.32. The number of thiophene rings is 1. The van der Waals surface area contributed by atoms with Crippen molar-refractivity contribution in [3.63, 3.8) is 0 Å². The topological polar surface area (TPSA) is 181 Å². The quantitative estimate of drug-likeness (QED) is 0.109. The Labute approximate surface area is 396 Å². The number of methoxy groups -OCH3 is 1. The number of benzene rings is 3. The number of ether oxygens (including phenoxy) is 1. The van der Waals surface area contributed by atoms with Gasteiger partial charge in [0.15, 0.2) is 5.82 Å². The van der Waals surface area contributed by atoms with Gasteiger partial charge in [0.05, 0.1) is 53.0 Å². The molecule has 3 aromatic heterocycles. The first-order valence-electron chi connectivity index (χ1n) is 22.0. The van der Waals surface area contributed by atoms with E-state index in [1.165, 1.54) is 24.1 Å². The number of halogens is 1. The number of aliphatic hydroxyl groups excluding tert-OH is 1. The molecule has 0 radical (unpaired) electrons. The molecule has 0 aliphatic carbocycles. The van der Waals surface area contributed by atoms with E-state index in [2.05, 4.69) is 25.8 Å². The summed E-state index contributed by atoms with van der Waals surface area (Å²) in [6.45, 7) is 15.0. The largest absolute Gasteiger partial charge is 0.469 e. The number of aliphatic imine (C=N–C) groups is 1. The third-order valence-corrected chi connectivity index (χ3v) is 14.7. The first-order chi connectivity index (χ1) is 31.8. The Hall–Kier alpha value is -6.43. The predicted molar refractivity (Wildman–Crippen MR) is 256 cm³/mol. The zero-order chi connectivity index (χ0) is 48.1. The van der Waals surface area contributed by atoms with E-state index in [-0.39, 0.29) is 24.9 Å². The van der Waals surface area contributed by atoms with Crippen molar-refractivity contribution in [3.8, 4) is 26.6 Å². The Balaban J connectivity index is 1.01. The summed E-state index contributed by atoms with van der Waals surface area (Å²) in [5.41, 5.74) is 8.11. The van der Waals surface area contributed by atoms with Crippen LogP contribution in [0.25, 0.3) is 26.6 Å². The minimum Gasteiger partial charge on any atom is -0.469 e. The fourth-order valence-electron chi connectivity index (χ4n) is 8.69. The lowest BCUT2D eigenvalue weighted by Gasteiger charge is -2.35. The second-order valence-corrected chi connectivity index (χ2v) is 20.3. The number of carbonyl (C=O) groups excluding carboxylic acids is 4. The summed E-state index contributed by atoms with van der Waals surface area (Å²) in [6.07, 6.45) is -0.979. The van der Waals surface area contributed by atoms with E-state index in [0.29, 0.717) is 28.5 Å². The second-order valence-electron chi connectivity index (χ2n) is 18.2. The van der Waals surface area contributed by atoms with Crippen LogP contribution in [0.2, 0.25) is 0 Å². The first-order valence-corrected chi connectivity index (χ1v) is 23.7. The van der Waals surface area contributed by atoms with Gasteiger partial charge in [0.25, 0.3) is 5.91 Å². The van der Waals surface area contributed by atoms with Crippen molar-refractivity contribution in [2.75, 3.05) is 13.7 Å². The van der Waals surface area contributed by atoms with Crippen molar-refractivity contribution in [3.05, 3.63) is 128 Å².